The summed E-state index contributed by atoms with van der Waals surface area (Å²) < 4.78 is 1.53. The summed E-state index contributed by atoms with van der Waals surface area (Å²) in [4.78, 5) is 27.4. The van der Waals surface area contributed by atoms with Crippen molar-refractivity contribution in [2.24, 2.45) is 7.05 Å². The lowest BCUT2D eigenvalue weighted by Crippen LogP contribution is -2.25. The number of carboxylic acids is 1. The molecule has 0 fully saturated rings. The van der Waals surface area contributed by atoms with Crippen LogP contribution in [0.15, 0.2) is 6.07 Å². The van der Waals surface area contributed by atoms with Crippen LogP contribution in [0.5, 0.6) is 0 Å². The molecular formula is C13H16N4O3S. The minimum atomic E-state index is -0.998. The normalized spacial score (nSPS) is 10.6. The van der Waals surface area contributed by atoms with Gasteiger partial charge in [0.05, 0.1) is 17.9 Å². The van der Waals surface area contributed by atoms with Crippen LogP contribution < -0.4 is 5.32 Å². The Morgan fingerprint density at radius 2 is 2.19 bits per heavy atom. The zero-order valence-electron chi connectivity index (χ0n) is 12.0. The molecule has 1 amide bonds. The number of amides is 1. The predicted octanol–water partition coefficient (Wildman–Crippen LogP) is 1.38. The molecule has 21 heavy (non-hydrogen) atoms. The summed E-state index contributed by atoms with van der Waals surface area (Å²) in [6.45, 7) is 3.81. The average molecular weight is 308 g/mol. The minimum absolute atomic E-state index is 0.199. The molecule has 2 heterocycles. The van der Waals surface area contributed by atoms with Crippen LogP contribution in [0.4, 0.5) is 0 Å². The molecule has 0 atom stereocenters. The lowest BCUT2D eigenvalue weighted by molar-refractivity contribution is 0.0701. The molecule has 112 valence electrons. The Kier molecular flexibility index (Phi) is 4.37. The Morgan fingerprint density at radius 1 is 1.48 bits per heavy atom. The van der Waals surface area contributed by atoms with Gasteiger partial charge in [-0.1, -0.05) is 6.92 Å². The Labute approximate surface area is 125 Å². The van der Waals surface area contributed by atoms with E-state index in [4.69, 9.17) is 5.11 Å². The van der Waals surface area contributed by atoms with E-state index in [-0.39, 0.29) is 17.3 Å². The zero-order valence-corrected chi connectivity index (χ0v) is 12.8. The summed E-state index contributed by atoms with van der Waals surface area (Å²) in [5, 5.41) is 16.5. The van der Waals surface area contributed by atoms with Gasteiger partial charge in [-0.2, -0.15) is 5.10 Å². The van der Waals surface area contributed by atoms with Crippen LogP contribution in [-0.2, 0) is 20.0 Å². The van der Waals surface area contributed by atoms with Crippen molar-refractivity contribution in [1.82, 2.24) is 20.1 Å². The molecule has 0 radical (unpaired) electrons. The second-order valence-electron chi connectivity index (χ2n) is 4.51. The zero-order chi connectivity index (χ0) is 15.6. The van der Waals surface area contributed by atoms with Crippen LogP contribution in [0.3, 0.4) is 0 Å². The fraction of sp³-hybridized carbons (Fsp3) is 0.385. The predicted molar refractivity (Wildman–Crippen MR) is 77.6 cm³/mol. The van der Waals surface area contributed by atoms with Crippen molar-refractivity contribution in [2.45, 2.75) is 26.8 Å². The third kappa shape index (κ3) is 3.27. The standard InChI is InChI=1S/C13H16N4O3S/c1-4-8-5-9(17(3)16-8)12(18)14-6-10-15-7(2)11(21-10)13(19)20/h5H,4,6H2,1-3H3,(H,14,18)(H,19,20). The van der Waals surface area contributed by atoms with Crippen LogP contribution in [0.2, 0.25) is 0 Å². The maximum Gasteiger partial charge on any atom is 0.347 e. The summed E-state index contributed by atoms with van der Waals surface area (Å²) in [6.07, 6.45) is 0.759. The van der Waals surface area contributed by atoms with Gasteiger partial charge < -0.3 is 10.4 Å². The van der Waals surface area contributed by atoms with Crippen LogP contribution in [0.1, 0.15) is 43.5 Å². The van der Waals surface area contributed by atoms with Crippen molar-refractivity contribution >= 4 is 23.2 Å². The van der Waals surface area contributed by atoms with Crippen molar-refractivity contribution < 1.29 is 14.7 Å². The van der Waals surface area contributed by atoms with Crippen molar-refractivity contribution in [2.75, 3.05) is 0 Å². The molecule has 2 aromatic heterocycles. The van der Waals surface area contributed by atoms with Crippen molar-refractivity contribution in [3.05, 3.63) is 33.0 Å². The number of thiazole rings is 1. The highest BCUT2D eigenvalue weighted by Gasteiger charge is 2.16. The van der Waals surface area contributed by atoms with E-state index >= 15 is 0 Å². The fourth-order valence-electron chi connectivity index (χ4n) is 1.88. The largest absolute Gasteiger partial charge is 0.477 e. The second-order valence-corrected chi connectivity index (χ2v) is 5.59. The number of nitrogens with one attached hydrogen (secondary N) is 1. The van der Waals surface area contributed by atoms with E-state index < -0.39 is 5.97 Å². The molecule has 2 aromatic rings. The Morgan fingerprint density at radius 3 is 2.71 bits per heavy atom. The molecule has 0 aliphatic heterocycles. The van der Waals surface area contributed by atoms with E-state index in [2.05, 4.69) is 15.4 Å². The Hall–Kier alpha value is -2.22. The quantitative estimate of drug-likeness (QED) is 0.869. The van der Waals surface area contributed by atoms with Gasteiger partial charge in [-0.3, -0.25) is 9.48 Å². The van der Waals surface area contributed by atoms with E-state index in [9.17, 15) is 9.59 Å². The number of hydrogen-bond acceptors (Lipinski definition) is 5. The van der Waals surface area contributed by atoms with Gasteiger partial charge in [-0.15, -0.1) is 11.3 Å². The molecule has 2 N–H and O–H groups in total. The van der Waals surface area contributed by atoms with E-state index in [1.807, 2.05) is 6.92 Å². The molecule has 7 nitrogen and oxygen atoms in total. The van der Waals surface area contributed by atoms with Gasteiger partial charge in [-0.25, -0.2) is 9.78 Å². The van der Waals surface area contributed by atoms with E-state index in [1.54, 1.807) is 20.0 Å². The first-order valence-corrected chi connectivity index (χ1v) is 7.24. The third-order valence-corrected chi connectivity index (χ3v) is 4.11. The number of carboxylic acid groups (broad SMARTS) is 1. The maximum absolute atomic E-state index is 12.1. The molecule has 0 unspecified atom stereocenters. The second kappa shape index (κ2) is 6.04. The summed E-state index contributed by atoms with van der Waals surface area (Å²) >= 11 is 1.07. The molecule has 0 spiro atoms. The number of nitrogens with zero attached hydrogens (tertiary/aromatic N) is 3. The smallest absolute Gasteiger partial charge is 0.347 e. The molecule has 0 saturated carbocycles. The molecule has 0 aliphatic carbocycles. The van der Waals surface area contributed by atoms with Crippen molar-refractivity contribution in [3.8, 4) is 0 Å². The van der Waals surface area contributed by atoms with E-state index in [0.29, 0.717) is 16.4 Å². The van der Waals surface area contributed by atoms with Gasteiger partial charge >= 0.3 is 5.97 Å². The number of carbonyl (C=O) groups is 2. The Bertz CT molecular complexity index is 690. The van der Waals surface area contributed by atoms with Crippen LogP contribution >= 0.6 is 11.3 Å². The number of aromatic carboxylic acids is 1. The molecule has 8 heteroatoms. The summed E-state index contributed by atoms with van der Waals surface area (Å²) in [7, 11) is 1.71. The monoisotopic (exact) mass is 308 g/mol. The fourth-order valence-corrected chi connectivity index (χ4v) is 2.73. The third-order valence-electron chi connectivity index (χ3n) is 2.96. The van der Waals surface area contributed by atoms with Gasteiger partial charge in [0.1, 0.15) is 15.6 Å². The van der Waals surface area contributed by atoms with Gasteiger partial charge in [0.25, 0.3) is 5.91 Å². The number of aromatic nitrogens is 3. The Balaban J connectivity index is 2.05. The molecule has 2 rings (SSSR count). The first-order chi connectivity index (χ1) is 9.92. The first-order valence-electron chi connectivity index (χ1n) is 6.43. The summed E-state index contributed by atoms with van der Waals surface area (Å²) in [5.41, 5.74) is 1.78. The number of hydrogen-bond donors (Lipinski definition) is 2. The molecule has 0 saturated heterocycles. The molecular weight excluding hydrogens is 292 g/mol. The highest BCUT2D eigenvalue weighted by Crippen LogP contribution is 2.17. The SMILES string of the molecule is CCc1cc(C(=O)NCc2nc(C)c(C(=O)O)s2)n(C)n1. The average Bonchev–Trinajstić information content (AvgIpc) is 2.99. The highest BCUT2D eigenvalue weighted by molar-refractivity contribution is 7.13. The molecule has 0 bridgehead atoms. The number of aryl methyl sites for hydroxylation is 3. The number of rotatable bonds is 5. The van der Waals surface area contributed by atoms with Gasteiger partial charge in [0.2, 0.25) is 0 Å². The summed E-state index contributed by atoms with van der Waals surface area (Å²) in [5.74, 6) is -1.25. The summed E-state index contributed by atoms with van der Waals surface area (Å²) in [6, 6.07) is 1.74. The van der Waals surface area contributed by atoms with E-state index in [0.717, 1.165) is 23.5 Å². The molecule has 0 aromatic carbocycles. The van der Waals surface area contributed by atoms with Gasteiger partial charge in [0.15, 0.2) is 0 Å². The van der Waals surface area contributed by atoms with Gasteiger partial charge in [0, 0.05) is 7.05 Å². The lowest BCUT2D eigenvalue weighted by atomic mass is 10.3. The highest BCUT2D eigenvalue weighted by atomic mass is 32.1. The van der Waals surface area contributed by atoms with E-state index in [1.165, 1.54) is 4.68 Å². The minimum Gasteiger partial charge on any atom is -0.477 e. The van der Waals surface area contributed by atoms with Crippen LogP contribution in [-0.4, -0.2) is 31.7 Å². The maximum atomic E-state index is 12.1. The van der Waals surface area contributed by atoms with Crippen LogP contribution in [0.25, 0.3) is 0 Å². The number of carbonyl (C=O) groups excluding carboxylic acids is 1. The molecule has 0 aliphatic rings. The van der Waals surface area contributed by atoms with Gasteiger partial charge in [-0.05, 0) is 19.4 Å². The van der Waals surface area contributed by atoms with Crippen molar-refractivity contribution in [1.29, 1.82) is 0 Å². The first kappa shape index (κ1) is 15.2. The van der Waals surface area contributed by atoms with Crippen molar-refractivity contribution in [3.63, 3.8) is 0 Å². The van der Waals surface area contributed by atoms with Crippen LogP contribution in [0, 0.1) is 6.92 Å². The topological polar surface area (TPSA) is 97.1 Å². The lowest BCUT2D eigenvalue weighted by Gasteiger charge is -2.02.